The van der Waals surface area contributed by atoms with Gasteiger partial charge < -0.3 is 10.0 Å². The number of carboxylic acids is 1. The predicted octanol–water partition coefficient (Wildman–Crippen LogP) is 2.76. The van der Waals surface area contributed by atoms with E-state index in [1.165, 1.54) is 0 Å². The van der Waals surface area contributed by atoms with E-state index in [1.807, 2.05) is 0 Å². The van der Waals surface area contributed by atoms with E-state index in [0.29, 0.717) is 13.0 Å². The first-order chi connectivity index (χ1) is 8.21. The third kappa shape index (κ3) is 4.15. The summed E-state index contributed by atoms with van der Waals surface area (Å²) in [6, 6.07) is -0.160. The highest BCUT2D eigenvalue weighted by atomic mass is 19.4. The zero-order chi connectivity index (χ0) is 13.9. The van der Waals surface area contributed by atoms with E-state index < -0.39 is 24.0 Å². The summed E-state index contributed by atoms with van der Waals surface area (Å²) in [4.78, 5) is 12.5. The van der Waals surface area contributed by atoms with Crippen molar-refractivity contribution in [2.45, 2.75) is 44.8 Å². The Hall–Kier alpha value is -0.780. The van der Waals surface area contributed by atoms with Gasteiger partial charge in [-0.25, -0.2) is 0 Å². The lowest BCUT2D eigenvalue weighted by atomic mass is 9.84. The van der Waals surface area contributed by atoms with Crippen molar-refractivity contribution in [3.05, 3.63) is 0 Å². The van der Waals surface area contributed by atoms with Gasteiger partial charge in [0.2, 0.25) is 0 Å². The number of carboxylic acid groups (broad SMARTS) is 1. The first-order valence-electron chi connectivity index (χ1n) is 6.21. The second-order valence-electron chi connectivity index (χ2n) is 5.24. The summed E-state index contributed by atoms with van der Waals surface area (Å²) in [5.74, 6) is -2.70. The normalized spacial score (nSPS) is 27.2. The number of alkyl halides is 3. The van der Waals surface area contributed by atoms with Gasteiger partial charge in [-0.2, -0.15) is 13.2 Å². The first kappa shape index (κ1) is 15.3. The van der Waals surface area contributed by atoms with Gasteiger partial charge in [-0.15, -0.1) is 0 Å². The van der Waals surface area contributed by atoms with Crippen molar-refractivity contribution in [2.75, 3.05) is 13.6 Å². The predicted molar refractivity (Wildman–Crippen MR) is 61.2 cm³/mol. The Balaban J connectivity index is 2.53. The lowest BCUT2D eigenvalue weighted by Crippen LogP contribution is -2.42. The lowest BCUT2D eigenvalue weighted by molar-refractivity contribution is -0.186. The minimum atomic E-state index is -4.13. The summed E-state index contributed by atoms with van der Waals surface area (Å²) in [5, 5.41) is 8.80. The number of carbonyl (C=O) groups is 1. The standard InChI is InChI=1S/C12H20F3NO2/c1-8(11(17)18)7-16(2)10-5-3-4-9(6-10)12(13,14)15/h8-10H,3-7H2,1-2H3,(H,17,18). The quantitative estimate of drug-likeness (QED) is 0.851. The van der Waals surface area contributed by atoms with Crippen LogP contribution in [0.25, 0.3) is 0 Å². The van der Waals surface area contributed by atoms with E-state index >= 15 is 0 Å². The van der Waals surface area contributed by atoms with E-state index in [9.17, 15) is 18.0 Å². The van der Waals surface area contributed by atoms with Gasteiger partial charge in [0.15, 0.2) is 0 Å². The zero-order valence-corrected chi connectivity index (χ0v) is 10.7. The van der Waals surface area contributed by atoms with Gasteiger partial charge in [-0.1, -0.05) is 13.3 Å². The monoisotopic (exact) mass is 267 g/mol. The third-order valence-electron chi connectivity index (χ3n) is 3.72. The molecule has 0 saturated heterocycles. The molecule has 106 valence electrons. The summed E-state index contributed by atoms with van der Waals surface area (Å²) < 4.78 is 38.0. The van der Waals surface area contributed by atoms with Crippen LogP contribution in [0.1, 0.15) is 32.6 Å². The minimum Gasteiger partial charge on any atom is -0.481 e. The summed E-state index contributed by atoms with van der Waals surface area (Å²) in [6.45, 7) is 1.87. The number of hydrogen-bond acceptors (Lipinski definition) is 2. The molecule has 0 heterocycles. The maximum absolute atomic E-state index is 12.7. The molecule has 0 spiro atoms. The van der Waals surface area contributed by atoms with Gasteiger partial charge in [0, 0.05) is 12.6 Å². The lowest BCUT2D eigenvalue weighted by Gasteiger charge is -2.36. The Morgan fingerprint density at radius 1 is 1.44 bits per heavy atom. The van der Waals surface area contributed by atoms with E-state index in [-0.39, 0.29) is 18.9 Å². The third-order valence-corrected chi connectivity index (χ3v) is 3.72. The second-order valence-corrected chi connectivity index (χ2v) is 5.24. The molecule has 6 heteroatoms. The average Bonchev–Trinajstić information content (AvgIpc) is 2.27. The van der Waals surface area contributed by atoms with E-state index in [0.717, 1.165) is 6.42 Å². The molecule has 1 fully saturated rings. The highest BCUT2D eigenvalue weighted by molar-refractivity contribution is 5.69. The number of hydrogen-bond donors (Lipinski definition) is 1. The largest absolute Gasteiger partial charge is 0.481 e. The van der Waals surface area contributed by atoms with Crippen LogP contribution >= 0.6 is 0 Å². The van der Waals surface area contributed by atoms with Gasteiger partial charge >= 0.3 is 12.1 Å². The fourth-order valence-electron chi connectivity index (χ4n) is 2.52. The molecule has 0 aromatic rings. The van der Waals surface area contributed by atoms with Crippen molar-refractivity contribution in [2.24, 2.45) is 11.8 Å². The Kier molecular flexibility index (Phi) is 5.01. The van der Waals surface area contributed by atoms with Gasteiger partial charge in [-0.05, 0) is 26.3 Å². The maximum atomic E-state index is 12.7. The summed E-state index contributed by atoms with van der Waals surface area (Å²) in [7, 11) is 1.71. The fraction of sp³-hybridized carbons (Fsp3) is 0.917. The average molecular weight is 267 g/mol. The van der Waals surface area contributed by atoms with Crippen molar-refractivity contribution in [1.29, 1.82) is 0 Å². The van der Waals surface area contributed by atoms with Crippen molar-refractivity contribution in [3.63, 3.8) is 0 Å². The van der Waals surface area contributed by atoms with Crippen molar-refractivity contribution in [3.8, 4) is 0 Å². The topological polar surface area (TPSA) is 40.5 Å². The Morgan fingerprint density at radius 3 is 2.56 bits per heavy atom. The fourth-order valence-corrected chi connectivity index (χ4v) is 2.52. The molecule has 1 aliphatic carbocycles. The van der Waals surface area contributed by atoms with E-state index in [2.05, 4.69) is 0 Å². The van der Waals surface area contributed by atoms with Crippen LogP contribution in [0.3, 0.4) is 0 Å². The maximum Gasteiger partial charge on any atom is 0.391 e. The summed E-state index contributed by atoms with van der Waals surface area (Å²) in [5.41, 5.74) is 0. The molecular formula is C12H20F3NO2. The van der Waals surface area contributed by atoms with Crippen LogP contribution in [-0.4, -0.2) is 41.8 Å². The molecule has 0 aromatic heterocycles. The van der Waals surface area contributed by atoms with Crippen molar-refractivity contribution in [1.82, 2.24) is 4.90 Å². The Morgan fingerprint density at radius 2 is 2.06 bits per heavy atom. The zero-order valence-electron chi connectivity index (χ0n) is 10.7. The van der Waals surface area contributed by atoms with Crippen LogP contribution in [-0.2, 0) is 4.79 Å². The first-order valence-corrected chi connectivity index (χ1v) is 6.21. The molecule has 1 aliphatic rings. The van der Waals surface area contributed by atoms with Gasteiger partial charge in [-0.3, -0.25) is 4.79 Å². The molecule has 0 aliphatic heterocycles. The molecule has 0 aromatic carbocycles. The molecule has 3 unspecified atom stereocenters. The number of aliphatic carboxylic acids is 1. The second kappa shape index (κ2) is 5.91. The molecule has 0 amide bonds. The highest BCUT2D eigenvalue weighted by Gasteiger charge is 2.42. The summed E-state index contributed by atoms with van der Waals surface area (Å²) >= 11 is 0. The number of nitrogens with zero attached hydrogens (tertiary/aromatic N) is 1. The van der Waals surface area contributed by atoms with Crippen LogP contribution in [0.4, 0.5) is 13.2 Å². The van der Waals surface area contributed by atoms with E-state index in [1.54, 1.807) is 18.9 Å². The molecule has 0 bridgehead atoms. The van der Waals surface area contributed by atoms with Crippen LogP contribution in [0.15, 0.2) is 0 Å². The molecule has 1 N–H and O–H groups in total. The Labute approximate surface area is 105 Å². The minimum absolute atomic E-state index is 0.0896. The molecule has 3 nitrogen and oxygen atoms in total. The van der Waals surface area contributed by atoms with Gasteiger partial charge in [0.1, 0.15) is 0 Å². The highest BCUT2D eigenvalue weighted by Crippen LogP contribution is 2.38. The summed E-state index contributed by atoms with van der Waals surface area (Å²) in [6.07, 6.45) is -2.57. The van der Waals surface area contributed by atoms with Crippen LogP contribution in [0.5, 0.6) is 0 Å². The molecule has 1 saturated carbocycles. The van der Waals surface area contributed by atoms with Crippen LogP contribution in [0, 0.1) is 11.8 Å². The smallest absolute Gasteiger partial charge is 0.391 e. The van der Waals surface area contributed by atoms with Crippen molar-refractivity contribution >= 4 is 5.97 Å². The SMILES string of the molecule is CC(CN(C)C1CCCC(C(F)(F)F)C1)C(=O)O. The molecule has 18 heavy (non-hydrogen) atoms. The van der Waals surface area contributed by atoms with Gasteiger partial charge in [0.05, 0.1) is 11.8 Å². The Bertz CT molecular complexity index is 294. The van der Waals surface area contributed by atoms with Crippen molar-refractivity contribution < 1.29 is 23.1 Å². The van der Waals surface area contributed by atoms with E-state index in [4.69, 9.17) is 5.11 Å². The van der Waals surface area contributed by atoms with Crippen LogP contribution < -0.4 is 0 Å². The molecule has 0 radical (unpaired) electrons. The molecular weight excluding hydrogens is 247 g/mol. The molecule has 1 rings (SSSR count). The van der Waals surface area contributed by atoms with Crippen LogP contribution in [0.2, 0.25) is 0 Å². The van der Waals surface area contributed by atoms with Gasteiger partial charge in [0.25, 0.3) is 0 Å². The number of rotatable bonds is 4. The molecule has 3 atom stereocenters. The number of halogens is 3.